The SMILES string of the molecule is CCCN(CCN1CCCCCC1)C(=O)c1ccnnc1C. The lowest BCUT2D eigenvalue weighted by Gasteiger charge is -2.27. The van der Waals surface area contributed by atoms with Gasteiger partial charge in [0.2, 0.25) is 0 Å². The molecule has 0 unspecified atom stereocenters. The molecule has 0 atom stereocenters. The molecule has 1 saturated heterocycles. The van der Waals surface area contributed by atoms with Gasteiger partial charge in [-0.3, -0.25) is 4.79 Å². The second-order valence-electron chi connectivity index (χ2n) is 6.08. The third-order valence-corrected chi connectivity index (χ3v) is 4.30. The van der Waals surface area contributed by atoms with Gasteiger partial charge < -0.3 is 9.80 Å². The fraction of sp³-hybridized carbons (Fsp3) is 0.706. The van der Waals surface area contributed by atoms with Crippen molar-refractivity contribution in [3.05, 3.63) is 23.5 Å². The van der Waals surface area contributed by atoms with E-state index in [9.17, 15) is 4.79 Å². The topological polar surface area (TPSA) is 49.3 Å². The Morgan fingerprint density at radius 3 is 2.59 bits per heavy atom. The van der Waals surface area contributed by atoms with Crippen LogP contribution in [0, 0.1) is 6.92 Å². The average Bonchev–Trinajstić information content (AvgIpc) is 2.80. The standard InChI is InChI=1S/C17H28N4O/c1-3-10-21(14-13-20-11-6-4-5-7-12-20)17(22)16-8-9-18-19-15(16)2/h8-9H,3-7,10-14H2,1-2H3. The lowest BCUT2D eigenvalue weighted by Crippen LogP contribution is -2.39. The maximum atomic E-state index is 12.7. The largest absolute Gasteiger partial charge is 0.337 e. The van der Waals surface area contributed by atoms with E-state index < -0.39 is 0 Å². The Bertz CT molecular complexity index is 469. The van der Waals surface area contributed by atoms with E-state index in [4.69, 9.17) is 0 Å². The summed E-state index contributed by atoms with van der Waals surface area (Å²) < 4.78 is 0. The predicted octanol–water partition coefficient (Wildman–Crippen LogP) is 2.51. The molecule has 1 aliphatic heterocycles. The number of hydrogen-bond acceptors (Lipinski definition) is 4. The Morgan fingerprint density at radius 2 is 1.95 bits per heavy atom. The van der Waals surface area contributed by atoms with Gasteiger partial charge in [-0.25, -0.2) is 0 Å². The van der Waals surface area contributed by atoms with Crippen molar-refractivity contribution < 1.29 is 4.79 Å². The van der Waals surface area contributed by atoms with E-state index >= 15 is 0 Å². The Kier molecular flexibility index (Phi) is 6.77. The number of carbonyl (C=O) groups is 1. The molecule has 0 N–H and O–H groups in total. The van der Waals surface area contributed by atoms with E-state index in [0.29, 0.717) is 11.3 Å². The minimum atomic E-state index is 0.0871. The maximum Gasteiger partial charge on any atom is 0.255 e. The van der Waals surface area contributed by atoms with E-state index in [-0.39, 0.29) is 5.91 Å². The summed E-state index contributed by atoms with van der Waals surface area (Å²) in [5, 5.41) is 7.83. The number of aromatic nitrogens is 2. The first kappa shape index (κ1) is 16.9. The zero-order chi connectivity index (χ0) is 15.8. The van der Waals surface area contributed by atoms with Crippen LogP contribution >= 0.6 is 0 Å². The molecular formula is C17H28N4O. The van der Waals surface area contributed by atoms with Gasteiger partial charge in [0.25, 0.3) is 5.91 Å². The third kappa shape index (κ3) is 4.77. The number of likely N-dealkylation sites (tertiary alicyclic amines) is 1. The van der Waals surface area contributed by atoms with Gasteiger partial charge in [-0.05, 0) is 45.3 Å². The van der Waals surface area contributed by atoms with Crippen molar-refractivity contribution in [1.29, 1.82) is 0 Å². The van der Waals surface area contributed by atoms with Crippen LogP contribution in [-0.2, 0) is 0 Å². The Balaban J connectivity index is 1.96. The van der Waals surface area contributed by atoms with Gasteiger partial charge in [-0.15, -0.1) is 0 Å². The van der Waals surface area contributed by atoms with Crippen LogP contribution in [0.1, 0.15) is 55.1 Å². The van der Waals surface area contributed by atoms with Crippen LogP contribution in [0.25, 0.3) is 0 Å². The molecule has 1 aromatic heterocycles. The van der Waals surface area contributed by atoms with Gasteiger partial charge in [-0.2, -0.15) is 10.2 Å². The van der Waals surface area contributed by atoms with Gasteiger partial charge in [0, 0.05) is 19.6 Å². The summed E-state index contributed by atoms with van der Waals surface area (Å²) in [4.78, 5) is 17.2. The summed E-state index contributed by atoms with van der Waals surface area (Å²) in [7, 11) is 0. The summed E-state index contributed by atoms with van der Waals surface area (Å²) in [5.41, 5.74) is 1.39. The minimum Gasteiger partial charge on any atom is -0.337 e. The third-order valence-electron chi connectivity index (χ3n) is 4.30. The molecule has 22 heavy (non-hydrogen) atoms. The van der Waals surface area contributed by atoms with E-state index in [1.807, 2.05) is 11.8 Å². The van der Waals surface area contributed by atoms with Crippen molar-refractivity contribution in [2.45, 2.75) is 46.0 Å². The molecular weight excluding hydrogens is 276 g/mol. The molecule has 0 bridgehead atoms. The lowest BCUT2D eigenvalue weighted by atomic mass is 10.2. The Labute approximate surface area is 133 Å². The molecule has 0 aliphatic carbocycles. The second kappa shape index (κ2) is 8.83. The minimum absolute atomic E-state index is 0.0871. The van der Waals surface area contributed by atoms with E-state index in [1.165, 1.54) is 38.8 Å². The molecule has 1 fully saturated rings. The van der Waals surface area contributed by atoms with E-state index in [2.05, 4.69) is 22.0 Å². The highest BCUT2D eigenvalue weighted by molar-refractivity contribution is 5.95. The average molecular weight is 304 g/mol. The van der Waals surface area contributed by atoms with Crippen molar-refractivity contribution >= 4 is 5.91 Å². The van der Waals surface area contributed by atoms with Crippen LogP contribution in [0.4, 0.5) is 0 Å². The first-order valence-corrected chi connectivity index (χ1v) is 8.52. The van der Waals surface area contributed by atoms with Crippen LogP contribution in [-0.4, -0.2) is 58.6 Å². The zero-order valence-corrected chi connectivity index (χ0v) is 13.9. The quantitative estimate of drug-likeness (QED) is 0.810. The highest BCUT2D eigenvalue weighted by Crippen LogP contribution is 2.11. The summed E-state index contributed by atoms with van der Waals surface area (Å²) in [6.07, 6.45) is 7.83. The molecule has 2 heterocycles. The predicted molar refractivity (Wildman–Crippen MR) is 87.9 cm³/mol. The fourth-order valence-corrected chi connectivity index (χ4v) is 3.01. The highest BCUT2D eigenvalue weighted by Gasteiger charge is 2.19. The monoisotopic (exact) mass is 304 g/mol. The van der Waals surface area contributed by atoms with Crippen LogP contribution in [0.3, 0.4) is 0 Å². The van der Waals surface area contributed by atoms with E-state index in [0.717, 1.165) is 26.1 Å². The summed E-state index contributed by atoms with van der Waals surface area (Å²) in [6, 6.07) is 1.78. The maximum absolute atomic E-state index is 12.7. The highest BCUT2D eigenvalue weighted by atomic mass is 16.2. The smallest absolute Gasteiger partial charge is 0.255 e. The number of aryl methyl sites for hydroxylation is 1. The van der Waals surface area contributed by atoms with Gasteiger partial charge in [0.15, 0.2) is 0 Å². The number of carbonyl (C=O) groups excluding carboxylic acids is 1. The molecule has 2 rings (SSSR count). The zero-order valence-electron chi connectivity index (χ0n) is 13.9. The van der Waals surface area contributed by atoms with Gasteiger partial charge >= 0.3 is 0 Å². The molecule has 5 nitrogen and oxygen atoms in total. The number of rotatable bonds is 6. The van der Waals surface area contributed by atoms with Crippen molar-refractivity contribution in [1.82, 2.24) is 20.0 Å². The van der Waals surface area contributed by atoms with Crippen LogP contribution in [0.5, 0.6) is 0 Å². The molecule has 0 aromatic carbocycles. The van der Waals surface area contributed by atoms with Crippen molar-refractivity contribution in [2.24, 2.45) is 0 Å². The first-order valence-electron chi connectivity index (χ1n) is 8.52. The van der Waals surface area contributed by atoms with Gasteiger partial charge in [0.1, 0.15) is 0 Å². The summed E-state index contributed by atoms with van der Waals surface area (Å²) in [6.45, 7) is 8.88. The summed E-state index contributed by atoms with van der Waals surface area (Å²) >= 11 is 0. The number of hydrogen-bond donors (Lipinski definition) is 0. The van der Waals surface area contributed by atoms with Crippen LogP contribution < -0.4 is 0 Å². The second-order valence-corrected chi connectivity index (χ2v) is 6.08. The first-order chi connectivity index (χ1) is 10.7. The van der Waals surface area contributed by atoms with Crippen LogP contribution in [0.2, 0.25) is 0 Å². The molecule has 1 aromatic rings. The van der Waals surface area contributed by atoms with E-state index in [1.54, 1.807) is 12.3 Å². The summed E-state index contributed by atoms with van der Waals surface area (Å²) in [5.74, 6) is 0.0871. The molecule has 0 radical (unpaired) electrons. The molecule has 0 spiro atoms. The van der Waals surface area contributed by atoms with Gasteiger partial charge in [-0.1, -0.05) is 19.8 Å². The molecule has 1 aliphatic rings. The Morgan fingerprint density at radius 1 is 1.23 bits per heavy atom. The number of amides is 1. The normalized spacial score (nSPS) is 16.3. The van der Waals surface area contributed by atoms with Gasteiger partial charge in [0.05, 0.1) is 17.5 Å². The molecule has 0 saturated carbocycles. The Hall–Kier alpha value is -1.49. The van der Waals surface area contributed by atoms with Crippen molar-refractivity contribution in [3.63, 3.8) is 0 Å². The number of nitrogens with zero attached hydrogens (tertiary/aromatic N) is 4. The van der Waals surface area contributed by atoms with Crippen molar-refractivity contribution in [3.8, 4) is 0 Å². The lowest BCUT2D eigenvalue weighted by molar-refractivity contribution is 0.0734. The fourth-order valence-electron chi connectivity index (χ4n) is 3.01. The molecule has 5 heteroatoms. The molecule has 122 valence electrons. The van der Waals surface area contributed by atoms with Crippen molar-refractivity contribution in [2.75, 3.05) is 32.7 Å². The molecule has 1 amide bonds. The van der Waals surface area contributed by atoms with Crippen LogP contribution in [0.15, 0.2) is 12.3 Å².